The minimum absolute atomic E-state index is 0. The Morgan fingerprint density at radius 1 is 0.800 bits per heavy atom. The second kappa shape index (κ2) is 9.87. The number of aliphatic carboxylic acids is 3. The van der Waals surface area contributed by atoms with Gasteiger partial charge in [-0.05, 0) is 0 Å². The van der Waals surface area contributed by atoms with E-state index in [1.165, 1.54) is 0 Å². The first-order valence-corrected chi connectivity index (χ1v) is 3.29. The third-order valence-corrected chi connectivity index (χ3v) is 1.08. The molecule has 15 heavy (non-hydrogen) atoms. The van der Waals surface area contributed by atoms with Crippen molar-refractivity contribution in [3.63, 3.8) is 0 Å². The standard InChI is InChI=1S/C6H9NO6.Na.H2O/c8-4(9)1-7(2-5(10)11)3-6(12)13;;/h1-3H2,(H,8,9)(H,10,11)(H,12,13);;1H2/q;+1;. The molecule has 0 aliphatic rings. The van der Waals surface area contributed by atoms with Gasteiger partial charge in [0, 0.05) is 0 Å². The molecule has 8 nitrogen and oxygen atoms in total. The van der Waals surface area contributed by atoms with Crippen molar-refractivity contribution in [3.8, 4) is 0 Å². The van der Waals surface area contributed by atoms with Crippen molar-refractivity contribution in [2.75, 3.05) is 19.6 Å². The third kappa shape index (κ3) is 13.3. The normalized spacial score (nSPS) is 8.60. The second-order valence-electron chi connectivity index (χ2n) is 2.33. The molecule has 0 rings (SSSR count). The van der Waals surface area contributed by atoms with Crippen LogP contribution < -0.4 is 29.6 Å². The average molecular weight is 232 g/mol. The fraction of sp³-hybridized carbons (Fsp3) is 0.500. The molecular formula is C6H11NNaO7+. The molecule has 0 aliphatic carbocycles. The minimum atomic E-state index is -1.26. The smallest absolute Gasteiger partial charge is 0.480 e. The summed E-state index contributed by atoms with van der Waals surface area (Å²) in [6.45, 7) is -1.80. The van der Waals surface area contributed by atoms with Crippen molar-refractivity contribution in [2.45, 2.75) is 0 Å². The fourth-order valence-corrected chi connectivity index (χ4v) is 0.742. The summed E-state index contributed by atoms with van der Waals surface area (Å²) in [6.07, 6.45) is 0. The Morgan fingerprint density at radius 2 is 1.00 bits per heavy atom. The number of rotatable bonds is 6. The van der Waals surface area contributed by atoms with Gasteiger partial charge in [-0.15, -0.1) is 0 Å². The first kappa shape index (κ1) is 19.8. The van der Waals surface area contributed by atoms with Crippen LogP contribution in [0.3, 0.4) is 0 Å². The van der Waals surface area contributed by atoms with Crippen LogP contribution in [0.1, 0.15) is 0 Å². The molecule has 0 unspecified atom stereocenters. The maximum atomic E-state index is 10.1. The molecule has 0 aliphatic heterocycles. The van der Waals surface area contributed by atoms with E-state index in [0.717, 1.165) is 4.90 Å². The van der Waals surface area contributed by atoms with Gasteiger partial charge in [0.15, 0.2) is 0 Å². The molecule has 5 N–H and O–H groups in total. The maximum absolute atomic E-state index is 10.1. The Labute approximate surface area is 107 Å². The van der Waals surface area contributed by atoms with Gasteiger partial charge in [-0.3, -0.25) is 19.3 Å². The largest absolute Gasteiger partial charge is 1.00 e. The minimum Gasteiger partial charge on any atom is -0.480 e. The van der Waals surface area contributed by atoms with Crippen LogP contribution in [0.4, 0.5) is 0 Å². The Bertz CT molecular complexity index is 193. The molecule has 0 saturated heterocycles. The Hall–Kier alpha value is -0.670. The zero-order chi connectivity index (χ0) is 10.4. The summed E-state index contributed by atoms with van der Waals surface area (Å²) in [7, 11) is 0. The van der Waals surface area contributed by atoms with Gasteiger partial charge < -0.3 is 20.8 Å². The van der Waals surface area contributed by atoms with Crippen LogP contribution in [0.2, 0.25) is 0 Å². The quantitative estimate of drug-likeness (QED) is 0.387. The van der Waals surface area contributed by atoms with Crippen LogP contribution in [0.5, 0.6) is 0 Å². The summed E-state index contributed by atoms with van der Waals surface area (Å²) in [5.41, 5.74) is 0. The van der Waals surface area contributed by atoms with Crippen LogP contribution in [0, 0.1) is 0 Å². The molecule has 0 radical (unpaired) electrons. The van der Waals surface area contributed by atoms with Gasteiger partial charge in [0.05, 0.1) is 19.6 Å². The topological polar surface area (TPSA) is 147 Å². The summed E-state index contributed by atoms with van der Waals surface area (Å²) in [6, 6.07) is 0. The zero-order valence-electron chi connectivity index (χ0n) is 8.13. The van der Waals surface area contributed by atoms with E-state index in [9.17, 15) is 14.4 Å². The molecule has 82 valence electrons. The maximum Gasteiger partial charge on any atom is 1.00 e. The number of carbonyl (C=O) groups is 3. The molecule has 0 atom stereocenters. The molecule has 0 spiro atoms. The molecule has 0 aromatic carbocycles. The SMILES string of the molecule is O.O=C(O)CN(CC(=O)O)CC(=O)O.[Na+]. The molecule has 0 saturated carbocycles. The van der Waals surface area contributed by atoms with Gasteiger partial charge in [-0.1, -0.05) is 0 Å². The molecule has 0 aromatic rings. The van der Waals surface area contributed by atoms with Crippen molar-refractivity contribution in [2.24, 2.45) is 0 Å². The van der Waals surface area contributed by atoms with Crippen LogP contribution in [0.25, 0.3) is 0 Å². The molecular weight excluding hydrogens is 221 g/mol. The van der Waals surface area contributed by atoms with E-state index in [1.54, 1.807) is 0 Å². The van der Waals surface area contributed by atoms with Gasteiger partial charge in [-0.2, -0.15) is 0 Å². The Kier molecular flexibility index (Phi) is 13.1. The Balaban J connectivity index is -0.000000720. The summed E-state index contributed by atoms with van der Waals surface area (Å²) in [4.78, 5) is 31.2. The first-order chi connectivity index (χ1) is 5.91. The summed E-state index contributed by atoms with van der Waals surface area (Å²) >= 11 is 0. The fourth-order valence-electron chi connectivity index (χ4n) is 0.742. The molecule has 0 heterocycles. The zero-order valence-corrected chi connectivity index (χ0v) is 10.1. The molecule has 0 bridgehead atoms. The average Bonchev–Trinajstić information content (AvgIpc) is 1.80. The van der Waals surface area contributed by atoms with E-state index < -0.39 is 37.5 Å². The van der Waals surface area contributed by atoms with Crippen molar-refractivity contribution in [1.29, 1.82) is 0 Å². The van der Waals surface area contributed by atoms with E-state index in [1.807, 2.05) is 0 Å². The molecule has 0 fully saturated rings. The monoisotopic (exact) mass is 232 g/mol. The second-order valence-corrected chi connectivity index (χ2v) is 2.33. The van der Waals surface area contributed by atoms with E-state index in [2.05, 4.69) is 0 Å². The first-order valence-electron chi connectivity index (χ1n) is 3.29. The van der Waals surface area contributed by atoms with Crippen molar-refractivity contribution < 1.29 is 64.7 Å². The molecule has 9 heteroatoms. The van der Waals surface area contributed by atoms with E-state index in [-0.39, 0.29) is 35.0 Å². The van der Waals surface area contributed by atoms with E-state index in [0.29, 0.717) is 0 Å². The number of hydrogen-bond acceptors (Lipinski definition) is 4. The predicted octanol–water partition coefficient (Wildman–Crippen LogP) is -5.28. The third-order valence-electron chi connectivity index (χ3n) is 1.08. The van der Waals surface area contributed by atoms with Crippen LogP contribution >= 0.6 is 0 Å². The summed E-state index contributed by atoms with van der Waals surface area (Å²) in [5, 5.41) is 24.8. The van der Waals surface area contributed by atoms with Gasteiger partial charge in [-0.25, -0.2) is 0 Å². The number of hydrogen-bond donors (Lipinski definition) is 3. The van der Waals surface area contributed by atoms with Crippen LogP contribution in [-0.2, 0) is 14.4 Å². The number of carboxylic acid groups (broad SMARTS) is 3. The van der Waals surface area contributed by atoms with Gasteiger partial charge >= 0.3 is 47.5 Å². The Morgan fingerprint density at radius 3 is 1.13 bits per heavy atom. The van der Waals surface area contributed by atoms with E-state index in [4.69, 9.17) is 15.3 Å². The van der Waals surface area contributed by atoms with Crippen molar-refractivity contribution in [1.82, 2.24) is 4.90 Å². The predicted molar refractivity (Wildman–Crippen MR) is 43.0 cm³/mol. The van der Waals surface area contributed by atoms with Gasteiger partial charge in [0.1, 0.15) is 0 Å². The summed E-state index contributed by atoms with van der Waals surface area (Å²) in [5.74, 6) is -3.78. The summed E-state index contributed by atoms with van der Waals surface area (Å²) < 4.78 is 0. The van der Waals surface area contributed by atoms with Crippen LogP contribution in [0.15, 0.2) is 0 Å². The molecule has 0 aromatic heterocycles. The van der Waals surface area contributed by atoms with Gasteiger partial charge in [0.25, 0.3) is 0 Å². The van der Waals surface area contributed by atoms with Crippen molar-refractivity contribution in [3.05, 3.63) is 0 Å². The van der Waals surface area contributed by atoms with E-state index >= 15 is 0 Å². The molecule has 0 amide bonds. The van der Waals surface area contributed by atoms with Crippen LogP contribution in [-0.4, -0.2) is 63.2 Å². The van der Waals surface area contributed by atoms with Crippen molar-refractivity contribution >= 4 is 17.9 Å². The number of nitrogens with zero attached hydrogens (tertiary/aromatic N) is 1. The number of carboxylic acids is 3. The van der Waals surface area contributed by atoms with Gasteiger partial charge in [0.2, 0.25) is 0 Å².